The van der Waals surface area contributed by atoms with Crippen molar-refractivity contribution >= 4 is 5.78 Å². The van der Waals surface area contributed by atoms with Crippen LogP contribution in [0.1, 0.15) is 30.5 Å². The molecule has 0 spiro atoms. The Bertz CT molecular complexity index is 320. The lowest BCUT2D eigenvalue weighted by atomic mass is 10.0. The van der Waals surface area contributed by atoms with Crippen molar-refractivity contribution in [3.8, 4) is 0 Å². The van der Waals surface area contributed by atoms with Crippen molar-refractivity contribution in [2.24, 2.45) is 0 Å². The highest BCUT2D eigenvalue weighted by Gasteiger charge is 2.10. The van der Waals surface area contributed by atoms with E-state index in [2.05, 4.69) is 30.4 Å². The Morgan fingerprint density at radius 3 is 2.71 bits per heavy atom. The van der Waals surface area contributed by atoms with Crippen LogP contribution in [0.5, 0.6) is 0 Å². The average Bonchev–Trinajstić information content (AvgIpc) is 2.14. The van der Waals surface area contributed by atoms with Crippen LogP contribution in [0.15, 0.2) is 24.3 Å². The summed E-state index contributed by atoms with van der Waals surface area (Å²) in [5.74, 6) is 0.214. The molecule has 1 aromatic rings. The second-order valence-corrected chi connectivity index (χ2v) is 3.66. The number of aryl methyl sites for hydroxylation is 1. The zero-order chi connectivity index (χ0) is 10.6. The van der Waals surface area contributed by atoms with E-state index < -0.39 is 0 Å². The van der Waals surface area contributed by atoms with Crippen LogP contribution in [0.2, 0.25) is 0 Å². The maximum Gasteiger partial charge on any atom is 0.131 e. The van der Waals surface area contributed by atoms with Crippen molar-refractivity contribution < 1.29 is 4.79 Å². The first kappa shape index (κ1) is 10.9. The average molecular weight is 191 g/mol. The molecular weight excluding hydrogens is 174 g/mol. The number of benzene rings is 1. The molecule has 0 radical (unpaired) electrons. The summed E-state index contributed by atoms with van der Waals surface area (Å²) in [6.07, 6.45) is 0.556. The van der Waals surface area contributed by atoms with Gasteiger partial charge in [0.1, 0.15) is 5.78 Å². The van der Waals surface area contributed by atoms with Gasteiger partial charge < -0.3 is 5.32 Å². The van der Waals surface area contributed by atoms with Gasteiger partial charge >= 0.3 is 0 Å². The highest BCUT2D eigenvalue weighted by molar-refractivity contribution is 5.76. The fourth-order valence-corrected chi connectivity index (χ4v) is 1.56. The Morgan fingerprint density at radius 2 is 2.21 bits per heavy atom. The van der Waals surface area contributed by atoms with Crippen LogP contribution < -0.4 is 5.32 Å². The lowest BCUT2D eigenvalue weighted by Gasteiger charge is -2.15. The number of hydrogen-bond donors (Lipinski definition) is 1. The molecule has 2 heteroatoms. The Morgan fingerprint density at radius 1 is 1.50 bits per heavy atom. The van der Waals surface area contributed by atoms with Crippen molar-refractivity contribution in [3.05, 3.63) is 35.4 Å². The van der Waals surface area contributed by atoms with Gasteiger partial charge in [-0.3, -0.25) is 4.79 Å². The second-order valence-electron chi connectivity index (χ2n) is 3.66. The van der Waals surface area contributed by atoms with E-state index in [1.54, 1.807) is 6.92 Å². The van der Waals surface area contributed by atoms with Gasteiger partial charge in [0.15, 0.2) is 0 Å². The Balaban J connectivity index is 2.83. The van der Waals surface area contributed by atoms with Gasteiger partial charge in [-0.05, 0) is 26.5 Å². The van der Waals surface area contributed by atoms with E-state index in [4.69, 9.17) is 0 Å². The molecule has 1 rings (SSSR count). The minimum atomic E-state index is 0.146. The third-order valence-electron chi connectivity index (χ3n) is 2.28. The Labute approximate surface area is 85.3 Å². The smallest absolute Gasteiger partial charge is 0.131 e. The van der Waals surface area contributed by atoms with Crippen molar-refractivity contribution in [1.82, 2.24) is 5.32 Å². The summed E-state index contributed by atoms with van der Waals surface area (Å²) in [6, 6.07) is 8.40. The van der Waals surface area contributed by atoms with E-state index in [1.807, 2.05) is 13.1 Å². The molecule has 1 N–H and O–H groups in total. The molecule has 1 unspecified atom stereocenters. The van der Waals surface area contributed by atoms with Crippen LogP contribution in [0, 0.1) is 6.92 Å². The van der Waals surface area contributed by atoms with Crippen LogP contribution in [0.4, 0.5) is 0 Å². The molecule has 1 atom stereocenters. The van der Waals surface area contributed by atoms with Crippen LogP contribution in [-0.4, -0.2) is 12.8 Å². The molecule has 2 nitrogen and oxygen atoms in total. The van der Waals surface area contributed by atoms with E-state index in [1.165, 1.54) is 11.1 Å². The number of carbonyl (C=O) groups excluding carboxylic acids is 1. The number of Topliss-reactive ketones (excluding diaryl/α,β-unsaturated/α-hetero) is 1. The molecule has 1 aromatic carbocycles. The lowest BCUT2D eigenvalue weighted by molar-refractivity contribution is -0.117. The third-order valence-corrected chi connectivity index (χ3v) is 2.28. The van der Waals surface area contributed by atoms with Gasteiger partial charge in [0, 0.05) is 12.5 Å². The molecule has 0 aromatic heterocycles. The Hall–Kier alpha value is -1.15. The minimum absolute atomic E-state index is 0.146. The topological polar surface area (TPSA) is 29.1 Å². The quantitative estimate of drug-likeness (QED) is 0.790. The summed E-state index contributed by atoms with van der Waals surface area (Å²) in [4.78, 5) is 11.0. The van der Waals surface area contributed by atoms with Gasteiger partial charge in [-0.1, -0.05) is 29.8 Å². The molecule has 76 valence electrons. The van der Waals surface area contributed by atoms with Gasteiger partial charge in [0.05, 0.1) is 0 Å². The number of carbonyl (C=O) groups is 1. The molecule has 0 amide bonds. The molecule has 0 fully saturated rings. The molecule has 0 saturated heterocycles. The summed E-state index contributed by atoms with van der Waals surface area (Å²) in [6.45, 7) is 3.68. The number of ketones is 1. The molecule has 0 aliphatic carbocycles. The molecule has 14 heavy (non-hydrogen) atoms. The SMILES string of the molecule is CNC(CC(C)=O)c1cccc(C)c1. The van der Waals surface area contributed by atoms with E-state index >= 15 is 0 Å². The zero-order valence-electron chi connectivity index (χ0n) is 9.00. The number of hydrogen-bond acceptors (Lipinski definition) is 2. The lowest BCUT2D eigenvalue weighted by Crippen LogP contribution is -2.18. The maximum atomic E-state index is 11.0. The predicted octanol–water partition coefficient (Wildman–Crippen LogP) is 2.23. The standard InChI is InChI=1S/C12H17NO/c1-9-5-4-6-11(7-9)12(13-3)8-10(2)14/h4-7,12-13H,8H2,1-3H3. The first-order valence-electron chi connectivity index (χ1n) is 4.86. The predicted molar refractivity (Wildman–Crippen MR) is 58.3 cm³/mol. The maximum absolute atomic E-state index is 11.0. The van der Waals surface area contributed by atoms with Gasteiger partial charge in [0.2, 0.25) is 0 Å². The summed E-state index contributed by atoms with van der Waals surface area (Å²) in [5, 5.41) is 3.16. The second kappa shape index (κ2) is 4.91. The van der Waals surface area contributed by atoms with Gasteiger partial charge in [-0.2, -0.15) is 0 Å². The van der Waals surface area contributed by atoms with E-state index in [-0.39, 0.29) is 11.8 Å². The fraction of sp³-hybridized carbons (Fsp3) is 0.417. The highest BCUT2D eigenvalue weighted by Crippen LogP contribution is 2.17. The van der Waals surface area contributed by atoms with E-state index in [0.29, 0.717) is 6.42 Å². The highest BCUT2D eigenvalue weighted by atomic mass is 16.1. The fourth-order valence-electron chi connectivity index (χ4n) is 1.56. The molecule has 0 saturated carbocycles. The first-order valence-corrected chi connectivity index (χ1v) is 4.86. The summed E-state index contributed by atoms with van der Waals surface area (Å²) >= 11 is 0. The minimum Gasteiger partial charge on any atom is -0.313 e. The van der Waals surface area contributed by atoms with Crippen LogP contribution in [0.25, 0.3) is 0 Å². The van der Waals surface area contributed by atoms with Crippen molar-refractivity contribution in [2.45, 2.75) is 26.3 Å². The van der Waals surface area contributed by atoms with Crippen molar-refractivity contribution in [1.29, 1.82) is 0 Å². The number of nitrogens with one attached hydrogen (secondary N) is 1. The van der Waals surface area contributed by atoms with E-state index in [0.717, 1.165) is 0 Å². The summed E-state index contributed by atoms with van der Waals surface area (Å²) < 4.78 is 0. The largest absolute Gasteiger partial charge is 0.313 e. The zero-order valence-corrected chi connectivity index (χ0v) is 9.00. The third kappa shape index (κ3) is 2.96. The van der Waals surface area contributed by atoms with Crippen molar-refractivity contribution in [2.75, 3.05) is 7.05 Å². The monoisotopic (exact) mass is 191 g/mol. The molecule has 0 aliphatic rings. The Kier molecular flexibility index (Phi) is 3.84. The molecule has 0 bridgehead atoms. The van der Waals surface area contributed by atoms with Crippen LogP contribution in [0.3, 0.4) is 0 Å². The van der Waals surface area contributed by atoms with E-state index in [9.17, 15) is 4.79 Å². The van der Waals surface area contributed by atoms with Gasteiger partial charge in [-0.25, -0.2) is 0 Å². The van der Waals surface area contributed by atoms with Crippen molar-refractivity contribution in [3.63, 3.8) is 0 Å². The number of rotatable bonds is 4. The van der Waals surface area contributed by atoms with Gasteiger partial charge in [-0.15, -0.1) is 0 Å². The molecule has 0 heterocycles. The molecule has 0 aliphatic heterocycles. The summed E-state index contributed by atoms with van der Waals surface area (Å²) in [7, 11) is 1.88. The normalized spacial score (nSPS) is 12.5. The van der Waals surface area contributed by atoms with Crippen LogP contribution in [-0.2, 0) is 4.79 Å². The summed E-state index contributed by atoms with van der Waals surface area (Å²) in [5.41, 5.74) is 2.41. The first-order chi connectivity index (χ1) is 6.63. The van der Waals surface area contributed by atoms with Gasteiger partial charge in [0.25, 0.3) is 0 Å². The molecular formula is C12H17NO. The van der Waals surface area contributed by atoms with Crippen LogP contribution >= 0.6 is 0 Å².